The molecule has 0 heterocycles. The van der Waals surface area contributed by atoms with Gasteiger partial charge in [-0.1, -0.05) is 17.9 Å². The average Bonchev–Trinajstić information content (AvgIpc) is 2.29. The van der Waals surface area contributed by atoms with Crippen molar-refractivity contribution in [1.29, 1.82) is 0 Å². The molecule has 3 nitrogen and oxygen atoms in total. The molecule has 1 rings (SSSR count). The van der Waals surface area contributed by atoms with Gasteiger partial charge in [0, 0.05) is 5.69 Å². The first kappa shape index (κ1) is 13.9. The molecule has 0 unspecified atom stereocenters. The van der Waals surface area contributed by atoms with Crippen LogP contribution in [-0.2, 0) is 15.7 Å². The van der Waals surface area contributed by atoms with E-state index in [0.29, 0.717) is 0 Å². The van der Waals surface area contributed by atoms with Crippen LogP contribution in [0.5, 0.6) is 0 Å². The topological polar surface area (TPSA) is 52.3 Å². The second-order valence-corrected chi connectivity index (χ2v) is 3.32. The molecule has 0 fully saturated rings. The average molecular weight is 257 g/mol. The third kappa shape index (κ3) is 3.42. The Morgan fingerprint density at radius 2 is 2.11 bits per heavy atom. The highest BCUT2D eigenvalue weighted by Gasteiger charge is 2.33. The van der Waals surface area contributed by atoms with E-state index in [0.717, 1.165) is 6.07 Å². The van der Waals surface area contributed by atoms with Crippen LogP contribution in [0.4, 0.5) is 18.9 Å². The highest BCUT2D eigenvalue weighted by Crippen LogP contribution is 2.33. The number of anilines is 1. The number of methoxy groups -OCH3 is 1. The number of halogens is 3. The van der Waals surface area contributed by atoms with Gasteiger partial charge in [-0.25, -0.2) is 0 Å². The first-order chi connectivity index (χ1) is 8.36. The van der Waals surface area contributed by atoms with E-state index in [9.17, 15) is 18.0 Å². The summed E-state index contributed by atoms with van der Waals surface area (Å²) >= 11 is 0. The van der Waals surface area contributed by atoms with Crippen molar-refractivity contribution in [3.63, 3.8) is 0 Å². The molecule has 18 heavy (non-hydrogen) atoms. The van der Waals surface area contributed by atoms with Gasteiger partial charge in [0.15, 0.2) is 0 Å². The van der Waals surface area contributed by atoms with Gasteiger partial charge < -0.3 is 10.5 Å². The molecule has 0 bridgehead atoms. The summed E-state index contributed by atoms with van der Waals surface area (Å²) in [5.74, 6) is 3.94. The minimum Gasteiger partial charge on any atom is -0.468 e. The maximum atomic E-state index is 12.7. The van der Waals surface area contributed by atoms with Crippen molar-refractivity contribution in [2.24, 2.45) is 0 Å². The van der Waals surface area contributed by atoms with Gasteiger partial charge in [-0.2, -0.15) is 13.2 Å². The number of benzene rings is 1. The number of ether oxygens (including phenoxy) is 1. The number of nitrogen functional groups attached to an aromatic ring is 1. The molecule has 2 N–H and O–H groups in total. The van der Waals surface area contributed by atoms with E-state index in [1.165, 1.54) is 19.2 Å². The predicted molar refractivity (Wildman–Crippen MR) is 59.4 cm³/mol. The molecule has 96 valence electrons. The van der Waals surface area contributed by atoms with Gasteiger partial charge in [0.1, 0.15) is 6.42 Å². The van der Waals surface area contributed by atoms with Crippen molar-refractivity contribution in [3.05, 3.63) is 29.3 Å². The van der Waals surface area contributed by atoms with Crippen molar-refractivity contribution in [3.8, 4) is 11.8 Å². The summed E-state index contributed by atoms with van der Waals surface area (Å²) in [5, 5.41) is 0. The fourth-order valence-corrected chi connectivity index (χ4v) is 1.22. The van der Waals surface area contributed by atoms with Gasteiger partial charge in [0.05, 0.1) is 18.2 Å². The summed E-state index contributed by atoms with van der Waals surface area (Å²) in [4.78, 5) is 10.8. The van der Waals surface area contributed by atoms with Crippen LogP contribution in [0.15, 0.2) is 18.2 Å². The number of nitrogens with two attached hydrogens (primary N) is 1. The molecule has 6 heteroatoms. The summed E-state index contributed by atoms with van der Waals surface area (Å²) in [7, 11) is 1.17. The molecule has 0 saturated heterocycles. The lowest BCUT2D eigenvalue weighted by atomic mass is 10.1. The monoisotopic (exact) mass is 257 g/mol. The Balaban J connectivity index is 3.12. The molecule has 0 amide bonds. The normalized spacial score (nSPS) is 10.4. The summed E-state index contributed by atoms with van der Waals surface area (Å²) in [6.07, 6.45) is -4.83. The van der Waals surface area contributed by atoms with Crippen LogP contribution in [0.25, 0.3) is 0 Å². The van der Waals surface area contributed by atoms with E-state index in [-0.39, 0.29) is 17.7 Å². The molecule has 0 aromatic heterocycles. The van der Waals surface area contributed by atoms with Crippen LogP contribution in [0.2, 0.25) is 0 Å². The van der Waals surface area contributed by atoms with Crippen LogP contribution in [0.1, 0.15) is 17.5 Å². The Kier molecular flexibility index (Phi) is 4.21. The van der Waals surface area contributed by atoms with Crippen LogP contribution < -0.4 is 5.73 Å². The predicted octanol–water partition coefficient (Wildman–Crippen LogP) is 2.20. The number of alkyl halides is 3. The summed E-state index contributed by atoms with van der Waals surface area (Å²) in [6, 6.07) is 3.40. The zero-order chi connectivity index (χ0) is 13.8. The van der Waals surface area contributed by atoms with Crippen molar-refractivity contribution in [1.82, 2.24) is 0 Å². The molecule has 1 aromatic carbocycles. The van der Waals surface area contributed by atoms with Crippen molar-refractivity contribution < 1.29 is 22.7 Å². The lowest BCUT2D eigenvalue weighted by molar-refractivity contribution is -0.139. The first-order valence-electron chi connectivity index (χ1n) is 4.87. The quantitative estimate of drug-likeness (QED) is 0.476. The smallest absolute Gasteiger partial charge is 0.417 e. The highest BCUT2D eigenvalue weighted by atomic mass is 19.4. The molecule has 0 aliphatic rings. The van der Waals surface area contributed by atoms with Crippen LogP contribution in [0.3, 0.4) is 0 Å². The number of hydrogen-bond donors (Lipinski definition) is 1. The number of rotatable bonds is 1. The zero-order valence-electron chi connectivity index (χ0n) is 9.47. The summed E-state index contributed by atoms with van der Waals surface area (Å²) < 4.78 is 42.3. The molecular formula is C12H10F3NO2. The molecule has 0 spiro atoms. The van der Waals surface area contributed by atoms with E-state index >= 15 is 0 Å². The van der Waals surface area contributed by atoms with Gasteiger partial charge in [0.2, 0.25) is 0 Å². The van der Waals surface area contributed by atoms with Gasteiger partial charge >= 0.3 is 12.1 Å². The lowest BCUT2D eigenvalue weighted by Gasteiger charge is -2.10. The molecule has 0 aliphatic heterocycles. The van der Waals surface area contributed by atoms with Gasteiger partial charge in [0.25, 0.3) is 0 Å². The Morgan fingerprint density at radius 1 is 1.44 bits per heavy atom. The van der Waals surface area contributed by atoms with Gasteiger partial charge in [-0.15, -0.1) is 0 Å². The number of hydrogen-bond acceptors (Lipinski definition) is 3. The van der Waals surface area contributed by atoms with Crippen LogP contribution >= 0.6 is 0 Å². The maximum absolute atomic E-state index is 12.7. The SMILES string of the molecule is COC(=O)CC#Cc1c(N)cccc1C(F)(F)F. The molecule has 0 radical (unpaired) electrons. The highest BCUT2D eigenvalue weighted by molar-refractivity contribution is 5.73. The van der Waals surface area contributed by atoms with E-state index in [1.807, 2.05) is 0 Å². The standard InChI is InChI=1S/C12H10F3NO2/c1-18-11(17)7-2-4-8-9(12(13,14)15)5-3-6-10(8)16/h3,5-6H,7,16H2,1H3. The minimum atomic E-state index is -4.54. The third-order valence-corrected chi connectivity index (χ3v) is 2.08. The molecule has 0 aliphatic carbocycles. The third-order valence-electron chi connectivity index (χ3n) is 2.08. The van der Waals surface area contributed by atoms with Crippen LogP contribution in [0, 0.1) is 11.8 Å². The summed E-state index contributed by atoms with van der Waals surface area (Å²) in [5.41, 5.74) is 4.13. The number of esters is 1. The van der Waals surface area contributed by atoms with E-state index in [1.54, 1.807) is 0 Å². The number of carbonyl (C=O) groups excluding carboxylic acids is 1. The van der Waals surface area contributed by atoms with Crippen molar-refractivity contribution in [2.45, 2.75) is 12.6 Å². The minimum absolute atomic E-state index is 0.0813. The molecular weight excluding hydrogens is 247 g/mol. The Hall–Kier alpha value is -2.16. The fourth-order valence-electron chi connectivity index (χ4n) is 1.22. The second-order valence-electron chi connectivity index (χ2n) is 3.32. The van der Waals surface area contributed by atoms with Gasteiger partial charge in [-0.3, -0.25) is 4.79 Å². The van der Waals surface area contributed by atoms with Crippen LogP contribution in [-0.4, -0.2) is 13.1 Å². The second kappa shape index (κ2) is 5.45. The van der Waals surface area contributed by atoms with E-state index in [4.69, 9.17) is 5.73 Å². The van der Waals surface area contributed by atoms with Crippen molar-refractivity contribution in [2.75, 3.05) is 12.8 Å². The maximum Gasteiger partial charge on any atom is 0.417 e. The first-order valence-corrected chi connectivity index (χ1v) is 4.87. The molecule has 0 saturated carbocycles. The van der Waals surface area contributed by atoms with E-state index in [2.05, 4.69) is 16.6 Å². The van der Waals surface area contributed by atoms with Gasteiger partial charge in [-0.05, 0) is 12.1 Å². The summed E-state index contributed by atoms with van der Waals surface area (Å²) in [6.45, 7) is 0. The Labute approximate surface area is 102 Å². The number of carbonyl (C=O) groups is 1. The fraction of sp³-hybridized carbons (Fsp3) is 0.250. The van der Waals surface area contributed by atoms with Crippen molar-refractivity contribution >= 4 is 11.7 Å². The largest absolute Gasteiger partial charge is 0.468 e. The molecule has 1 aromatic rings. The lowest BCUT2D eigenvalue weighted by Crippen LogP contribution is -2.09. The van der Waals surface area contributed by atoms with E-state index < -0.39 is 17.7 Å². The Bertz CT molecular complexity index is 512. The Morgan fingerprint density at radius 3 is 2.67 bits per heavy atom. The zero-order valence-corrected chi connectivity index (χ0v) is 9.47. The molecule has 0 atom stereocenters.